The maximum Gasteiger partial charge on any atom is 0.252 e. The highest BCUT2D eigenvalue weighted by Crippen LogP contribution is 2.41. The van der Waals surface area contributed by atoms with Gasteiger partial charge in [-0.1, -0.05) is 49.9 Å². The predicted molar refractivity (Wildman–Crippen MR) is 119 cm³/mol. The Labute approximate surface area is 180 Å². The minimum Gasteiger partial charge on any atom is -0.316 e. The van der Waals surface area contributed by atoms with Crippen LogP contribution in [0.15, 0.2) is 53.5 Å². The molecule has 2 heterocycles. The van der Waals surface area contributed by atoms with Crippen LogP contribution in [0.3, 0.4) is 0 Å². The fraction of sp³-hybridized carbons (Fsp3) is 0.364. The fourth-order valence-corrected chi connectivity index (χ4v) is 7.74. The first-order valence-electron chi connectivity index (χ1n) is 9.84. The minimum absolute atomic E-state index is 0.0573. The summed E-state index contributed by atoms with van der Waals surface area (Å²) in [6.45, 7) is 4.22. The van der Waals surface area contributed by atoms with E-state index in [0.717, 1.165) is 5.69 Å². The first-order valence-corrected chi connectivity index (χ1v) is 12.5. The Morgan fingerprint density at radius 3 is 2.43 bits per heavy atom. The van der Waals surface area contributed by atoms with Gasteiger partial charge in [0.1, 0.15) is 5.82 Å². The first kappa shape index (κ1) is 21.1. The lowest BCUT2D eigenvalue weighted by molar-refractivity contribution is -0.117. The van der Waals surface area contributed by atoms with Gasteiger partial charge in [-0.15, -0.1) is 0 Å². The van der Waals surface area contributed by atoms with Crippen LogP contribution in [0.25, 0.3) is 0 Å². The maximum atomic E-state index is 13.1. The predicted octanol–water partition coefficient (Wildman–Crippen LogP) is 3.79. The molecule has 2 saturated heterocycles. The SMILES string of the molecule is CC(C)c1ccc(N2C(=NC(=O)Cc3ccc(F)cc3)S[C@@H]3CS(=O)(=O)C[C@@H]32)cc1. The van der Waals surface area contributed by atoms with Gasteiger partial charge in [-0.3, -0.25) is 4.79 Å². The van der Waals surface area contributed by atoms with E-state index >= 15 is 0 Å². The van der Waals surface area contributed by atoms with Gasteiger partial charge in [-0.05, 0) is 41.3 Å². The summed E-state index contributed by atoms with van der Waals surface area (Å²) < 4.78 is 37.5. The third-order valence-electron chi connectivity index (χ3n) is 5.39. The van der Waals surface area contributed by atoms with Crippen LogP contribution in [0.1, 0.15) is 30.9 Å². The Hall–Kier alpha value is -2.19. The molecule has 2 atom stereocenters. The molecule has 0 N–H and O–H groups in total. The molecule has 0 spiro atoms. The number of halogens is 1. The van der Waals surface area contributed by atoms with Crippen molar-refractivity contribution < 1.29 is 17.6 Å². The number of hydrogen-bond acceptors (Lipinski definition) is 4. The number of thioether (sulfide) groups is 1. The summed E-state index contributed by atoms with van der Waals surface area (Å²) in [5, 5.41) is 0.390. The molecule has 0 bridgehead atoms. The lowest BCUT2D eigenvalue weighted by atomic mass is 10.0. The van der Waals surface area contributed by atoms with Gasteiger partial charge in [0.25, 0.3) is 5.91 Å². The van der Waals surface area contributed by atoms with Crippen molar-refractivity contribution in [1.29, 1.82) is 0 Å². The summed E-state index contributed by atoms with van der Waals surface area (Å²) in [5.41, 5.74) is 2.71. The molecular weight excluding hydrogens is 423 g/mol. The van der Waals surface area contributed by atoms with E-state index in [9.17, 15) is 17.6 Å². The average Bonchev–Trinajstić information content (AvgIpc) is 3.14. The zero-order valence-corrected chi connectivity index (χ0v) is 18.4. The Balaban J connectivity index is 1.62. The van der Waals surface area contributed by atoms with Crippen molar-refractivity contribution in [1.82, 2.24) is 0 Å². The summed E-state index contributed by atoms with van der Waals surface area (Å²) in [4.78, 5) is 18.8. The zero-order valence-electron chi connectivity index (χ0n) is 16.8. The number of hydrogen-bond donors (Lipinski definition) is 0. The molecular formula is C22H23FN2O3S2. The molecule has 8 heteroatoms. The molecule has 30 heavy (non-hydrogen) atoms. The van der Waals surface area contributed by atoms with Crippen LogP contribution in [-0.4, -0.2) is 42.3 Å². The number of nitrogens with zero attached hydrogens (tertiary/aromatic N) is 2. The van der Waals surface area contributed by atoms with Crippen molar-refractivity contribution in [2.45, 2.75) is 37.5 Å². The van der Waals surface area contributed by atoms with Gasteiger partial charge in [-0.2, -0.15) is 4.99 Å². The van der Waals surface area contributed by atoms with E-state index in [2.05, 4.69) is 18.8 Å². The monoisotopic (exact) mass is 446 g/mol. The number of amides is 1. The topological polar surface area (TPSA) is 66.8 Å². The molecule has 0 saturated carbocycles. The summed E-state index contributed by atoms with van der Waals surface area (Å²) in [7, 11) is -3.11. The first-order chi connectivity index (χ1) is 14.2. The second kappa shape index (κ2) is 8.15. The summed E-state index contributed by atoms with van der Waals surface area (Å²) in [6.07, 6.45) is 0.0676. The van der Waals surface area contributed by atoms with Gasteiger partial charge in [0.05, 0.1) is 24.0 Å². The number of carbonyl (C=O) groups is 1. The molecule has 2 aliphatic heterocycles. The third-order valence-corrected chi connectivity index (χ3v) is 8.60. The second-order valence-electron chi connectivity index (χ2n) is 8.01. The van der Waals surface area contributed by atoms with E-state index in [4.69, 9.17) is 0 Å². The average molecular weight is 447 g/mol. The van der Waals surface area contributed by atoms with E-state index in [1.54, 1.807) is 12.1 Å². The highest BCUT2D eigenvalue weighted by molar-refractivity contribution is 8.16. The Morgan fingerprint density at radius 2 is 1.80 bits per heavy atom. The van der Waals surface area contributed by atoms with Crippen molar-refractivity contribution in [2.24, 2.45) is 4.99 Å². The molecule has 2 fully saturated rings. The van der Waals surface area contributed by atoms with Crippen LogP contribution in [0.2, 0.25) is 0 Å². The van der Waals surface area contributed by atoms with Crippen molar-refractivity contribution >= 4 is 38.4 Å². The van der Waals surface area contributed by atoms with Gasteiger partial charge in [0, 0.05) is 10.9 Å². The van der Waals surface area contributed by atoms with Crippen LogP contribution in [0, 0.1) is 5.82 Å². The number of anilines is 1. The molecule has 0 aliphatic carbocycles. The molecule has 158 valence electrons. The van der Waals surface area contributed by atoms with E-state index in [-0.39, 0.29) is 40.9 Å². The molecule has 0 aromatic heterocycles. The highest BCUT2D eigenvalue weighted by atomic mass is 32.2. The van der Waals surface area contributed by atoms with Gasteiger partial charge in [0.2, 0.25) is 0 Å². The van der Waals surface area contributed by atoms with Crippen molar-refractivity contribution in [2.75, 3.05) is 16.4 Å². The molecule has 5 nitrogen and oxygen atoms in total. The molecule has 0 unspecified atom stereocenters. The lowest BCUT2D eigenvalue weighted by Gasteiger charge is -2.25. The molecule has 4 rings (SSSR count). The molecule has 2 aromatic rings. The number of carbonyl (C=O) groups excluding carboxylic acids is 1. The molecule has 0 radical (unpaired) electrons. The second-order valence-corrected chi connectivity index (χ2v) is 11.4. The van der Waals surface area contributed by atoms with Crippen molar-refractivity contribution in [3.8, 4) is 0 Å². The standard InChI is InChI=1S/C22H23FN2O3S2/c1-14(2)16-5-9-18(10-6-16)25-19-12-30(27,28)13-20(19)29-22(25)24-21(26)11-15-3-7-17(23)8-4-15/h3-10,14,19-20H,11-13H2,1-2H3/t19-,20+/m0/s1. The van der Waals surface area contributed by atoms with Crippen LogP contribution in [0.5, 0.6) is 0 Å². The Bertz CT molecular complexity index is 1080. The van der Waals surface area contributed by atoms with Gasteiger partial charge in [0.15, 0.2) is 15.0 Å². The number of amidine groups is 1. The summed E-state index contributed by atoms with van der Waals surface area (Å²) >= 11 is 1.35. The van der Waals surface area contributed by atoms with Crippen molar-refractivity contribution in [3.63, 3.8) is 0 Å². The van der Waals surface area contributed by atoms with Gasteiger partial charge >= 0.3 is 0 Å². The quantitative estimate of drug-likeness (QED) is 0.715. The van der Waals surface area contributed by atoms with E-state index in [0.29, 0.717) is 16.6 Å². The number of rotatable bonds is 4. The molecule has 1 amide bonds. The number of fused-ring (bicyclic) bond motifs is 1. The van der Waals surface area contributed by atoms with Crippen LogP contribution < -0.4 is 4.90 Å². The molecule has 2 aliphatic rings. The van der Waals surface area contributed by atoms with Gasteiger partial charge in [-0.25, -0.2) is 12.8 Å². The third kappa shape index (κ3) is 4.44. The van der Waals surface area contributed by atoms with Crippen LogP contribution in [0.4, 0.5) is 10.1 Å². The smallest absolute Gasteiger partial charge is 0.252 e. The highest BCUT2D eigenvalue weighted by Gasteiger charge is 2.49. The largest absolute Gasteiger partial charge is 0.316 e. The van der Waals surface area contributed by atoms with Crippen LogP contribution >= 0.6 is 11.8 Å². The summed E-state index contributed by atoms with van der Waals surface area (Å²) in [5.74, 6) is -0.155. The number of sulfone groups is 1. The lowest BCUT2D eigenvalue weighted by Crippen LogP contribution is -2.37. The van der Waals surface area contributed by atoms with Crippen molar-refractivity contribution in [3.05, 3.63) is 65.5 Å². The van der Waals surface area contributed by atoms with E-state index < -0.39 is 9.84 Å². The number of aliphatic imine (C=N–C) groups is 1. The number of benzene rings is 2. The zero-order chi connectivity index (χ0) is 21.5. The molecule has 2 aromatic carbocycles. The van der Waals surface area contributed by atoms with Crippen LogP contribution in [-0.2, 0) is 21.1 Å². The fourth-order valence-electron chi connectivity index (χ4n) is 3.81. The van der Waals surface area contributed by atoms with Gasteiger partial charge < -0.3 is 4.90 Å². The Kier molecular flexibility index (Phi) is 5.72. The maximum absolute atomic E-state index is 13.1. The minimum atomic E-state index is -3.11. The Morgan fingerprint density at radius 1 is 1.13 bits per heavy atom. The van der Waals surface area contributed by atoms with E-state index in [1.165, 1.54) is 29.5 Å². The van der Waals surface area contributed by atoms with E-state index in [1.807, 2.05) is 29.2 Å². The normalized spacial score (nSPS) is 23.9. The summed E-state index contributed by atoms with van der Waals surface area (Å²) in [6, 6.07) is 13.5.